The van der Waals surface area contributed by atoms with Crippen LogP contribution < -0.4 is 14.8 Å². The maximum absolute atomic E-state index is 13.2. The lowest BCUT2D eigenvalue weighted by molar-refractivity contribution is -0.118. The van der Waals surface area contributed by atoms with Gasteiger partial charge in [0.15, 0.2) is 17.3 Å². The molecule has 0 radical (unpaired) electrons. The van der Waals surface area contributed by atoms with Gasteiger partial charge in [-0.25, -0.2) is 4.68 Å². The summed E-state index contributed by atoms with van der Waals surface area (Å²) in [6.07, 6.45) is 2.79. The first-order valence-corrected chi connectivity index (χ1v) is 10.1. The number of nitrogens with zero attached hydrogens (tertiary/aromatic N) is 3. The number of ether oxygens (including phenoxy) is 2. The third-order valence-corrected chi connectivity index (χ3v) is 5.71. The number of aromatic nitrogens is 3. The lowest BCUT2D eigenvalue weighted by Crippen LogP contribution is -2.36. The molecule has 148 valence electrons. The highest BCUT2D eigenvalue weighted by Crippen LogP contribution is 2.47. The van der Waals surface area contributed by atoms with Gasteiger partial charge in [-0.05, 0) is 52.4 Å². The van der Waals surface area contributed by atoms with E-state index in [4.69, 9.17) is 9.47 Å². The monoisotopic (exact) mass is 446 g/mol. The van der Waals surface area contributed by atoms with E-state index < -0.39 is 0 Å². The van der Waals surface area contributed by atoms with Gasteiger partial charge in [-0.3, -0.25) is 4.79 Å². The molecule has 0 amide bonds. The Morgan fingerprint density at radius 2 is 2.14 bits per heavy atom. The smallest absolute Gasteiger partial charge is 0.226 e. The molecule has 1 aromatic heterocycles. The molecule has 1 atom stereocenters. The minimum atomic E-state index is -0.362. The highest BCUT2D eigenvalue weighted by atomic mass is 79.9. The van der Waals surface area contributed by atoms with E-state index >= 15 is 0 Å². The molecule has 1 aromatic carbocycles. The van der Waals surface area contributed by atoms with Crippen molar-refractivity contribution in [2.45, 2.75) is 39.7 Å². The summed E-state index contributed by atoms with van der Waals surface area (Å²) in [7, 11) is 1.61. The van der Waals surface area contributed by atoms with Gasteiger partial charge in [0.25, 0.3) is 0 Å². The summed E-state index contributed by atoms with van der Waals surface area (Å²) in [6.45, 7) is 6.66. The summed E-state index contributed by atoms with van der Waals surface area (Å²) >= 11 is 3.58. The van der Waals surface area contributed by atoms with Crippen molar-refractivity contribution < 1.29 is 14.3 Å². The van der Waals surface area contributed by atoms with Crippen LogP contribution in [0.1, 0.15) is 45.2 Å². The second kappa shape index (κ2) is 6.92. The lowest BCUT2D eigenvalue weighted by Gasteiger charge is -2.38. The van der Waals surface area contributed by atoms with Crippen LogP contribution >= 0.6 is 15.9 Å². The second-order valence-electron chi connectivity index (χ2n) is 7.86. The SMILES string of the molecule is CCOc1cc(C2C3=C(CC(C)(C)CC3=O)Nc3ncnn32)cc(Br)c1OC. The van der Waals surface area contributed by atoms with E-state index in [1.54, 1.807) is 11.8 Å². The molecule has 2 aliphatic rings. The van der Waals surface area contributed by atoms with Gasteiger partial charge < -0.3 is 14.8 Å². The van der Waals surface area contributed by atoms with Crippen LogP contribution in [0, 0.1) is 5.41 Å². The van der Waals surface area contributed by atoms with Crippen LogP contribution in [-0.2, 0) is 4.79 Å². The minimum Gasteiger partial charge on any atom is -0.492 e. The van der Waals surface area contributed by atoms with Gasteiger partial charge in [0.05, 0.1) is 18.2 Å². The van der Waals surface area contributed by atoms with Crippen molar-refractivity contribution in [1.82, 2.24) is 14.8 Å². The molecule has 1 unspecified atom stereocenters. The third kappa shape index (κ3) is 3.09. The predicted molar refractivity (Wildman–Crippen MR) is 109 cm³/mol. The first kappa shape index (κ1) is 19.0. The normalized spacial score (nSPS) is 20.3. The maximum atomic E-state index is 13.2. The first-order valence-electron chi connectivity index (χ1n) is 9.27. The fourth-order valence-corrected chi connectivity index (χ4v) is 4.69. The minimum absolute atomic E-state index is 0.0906. The summed E-state index contributed by atoms with van der Waals surface area (Å²) in [5.74, 6) is 2.03. The number of Topliss-reactive ketones (excluding diaryl/α,β-unsaturated/α-hetero) is 1. The molecule has 1 aliphatic heterocycles. The summed E-state index contributed by atoms with van der Waals surface area (Å²) in [5, 5.41) is 7.72. The zero-order valence-electron chi connectivity index (χ0n) is 16.4. The van der Waals surface area contributed by atoms with Crippen LogP contribution in [0.4, 0.5) is 5.95 Å². The number of ketones is 1. The molecule has 2 heterocycles. The largest absolute Gasteiger partial charge is 0.492 e. The maximum Gasteiger partial charge on any atom is 0.226 e. The number of nitrogens with one attached hydrogen (secondary N) is 1. The van der Waals surface area contributed by atoms with E-state index in [1.165, 1.54) is 6.33 Å². The number of fused-ring (bicyclic) bond motifs is 1. The Bertz CT molecular complexity index is 980. The Kier molecular flexibility index (Phi) is 4.69. The van der Waals surface area contributed by atoms with Crippen LogP contribution in [0.3, 0.4) is 0 Å². The molecule has 1 N–H and O–H groups in total. The average molecular weight is 447 g/mol. The quantitative estimate of drug-likeness (QED) is 0.761. The first-order chi connectivity index (χ1) is 13.3. The standard InChI is InChI=1S/C20H23BrN4O3/c1-5-28-15-7-11(6-12(21)18(15)27-4)17-16-13(8-20(2,3)9-14(16)26)24-19-22-10-23-25(17)19/h6-7,10,17H,5,8-9H2,1-4H3,(H,22,23,24). The van der Waals surface area contributed by atoms with Crippen molar-refractivity contribution in [2.75, 3.05) is 19.0 Å². The summed E-state index contributed by atoms with van der Waals surface area (Å²) in [5.41, 5.74) is 2.48. The van der Waals surface area contributed by atoms with Crippen molar-refractivity contribution >= 4 is 27.7 Å². The van der Waals surface area contributed by atoms with Crippen LogP contribution in [0.15, 0.2) is 34.2 Å². The third-order valence-electron chi connectivity index (χ3n) is 5.13. The number of hydrogen-bond acceptors (Lipinski definition) is 6. The van der Waals surface area contributed by atoms with Crippen molar-refractivity contribution in [2.24, 2.45) is 5.41 Å². The van der Waals surface area contributed by atoms with Crippen LogP contribution in [0.2, 0.25) is 0 Å². The fourth-order valence-electron chi connectivity index (χ4n) is 4.06. The molecular formula is C20H23BrN4O3. The molecule has 0 saturated heterocycles. The van der Waals surface area contributed by atoms with Crippen LogP contribution in [0.25, 0.3) is 0 Å². The zero-order valence-corrected chi connectivity index (χ0v) is 18.0. The Morgan fingerprint density at radius 3 is 2.86 bits per heavy atom. The molecule has 0 saturated carbocycles. The molecular weight excluding hydrogens is 424 g/mol. The van der Waals surface area contributed by atoms with Crippen molar-refractivity contribution in [3.63, 3.8) is 0 Å². The predicted octanol–water partition coefficient (Wildman–Crippen LogP) is 4.11. The van der Waals surface area contributed by atoms with Crippen molar-refractivity contribution in [3.8, 4) is 11.5 Å². The molecule has 7 nitrogen and oxygen atoms in total. The molecule has 1 aliphatic carbocycles. The molecule has 2 aromatic rings. The van der Waals surface area contributed by atoms with Crippen molar-refractivity contribution in [1.29, 1.82) is 0 Å². The van der Waals surface area contributed by atoms with Gasteiger partial charge >= 0.3 is 0 Å². The number of rotatable bonds is 4. The van der Waals surface area contributed by atoms with E-state index in [0.29, 0.717) is 30.5 Å². The molecule has 28 heavy (non-hydrogen) atoms. The molecule has 8 heteroatoms. The van der Waals surface area contributed by atoms with Gasteiger partial charge in [-0.1, -0.05) is 13.8 Å². The number of methoxy groups -OCH3 is 1. The number of anilines is 1. The van der Waals surface area contributed by atoms with E-state index in [-0.39, 0.29) is 17.2 Å². The number of benzene rings is 1. The van der Waals surface area contributed by atoms with Crippen molar-refractivity contribution in [3.05, 3.63) is 39.8 Å². The van der Waals surface area contributed by atoms with E-state index in [0.717, 1.165) is 27.7 Å². The van der Waals surface area contributed by atoms with Gasteiger partial charge in [-0.15, -0.1) is 0 Å². The Hall–Kier alpha value is -2.35. The Balaban J connectivity index is 1.91. The van der Waals surface area contributed by atoms with Gasteiger partial charge in [0.1, 0.15) is 12.4 Å². The molecule has 4 rings (SSSR count). The van der Waals surface area contributed by atoms with E-state index in [1.807, 2.05) is 19.1 Å². The number of hydrogen-bond donors (Lipinski definition) is 1. The topological polar surface area (TPSA) is 78.3 Å². The number of carbonyl (C=O) groups is 1. The molecule has 0 spiro atoms. The number of halogens is 1. The van der Waals surface area contributed by atoms with Gasteiger partial charge in [0.2, 0.25) is 5.95 Å². The highest BCUT2D eigenvalue weighted by molar-refractivity contribution is 9.10. The van der Waals surface area contributed by atoms with Gasteiger partial charge in [-0.2, -0.15) is 10.1 Å². The molecule has 0 bridgehead atoms. The van der Waals surface area contributed by atoms with E-state index in [9.17, 15) is 4.79 Å². The Labute approximate surface area is 172 Å². The zero-order chi connectivity index (χ0) is 20.1. The lowest BCUT2D eigenvalue weighted by atomic mass is 9.73. The van der Waals surface area contributed by atoms with E-state index in [2.05, 4.69) is 45.2 Å². The second-order valence-corrected chi connectivity index (χ2v) is 8.71. The van der Waals surface area contributed by atoms with Crippen LogP contribution in [-0.4, -0.2) is 34.3 Å². The number of allylic oxidation sites excluding steroid dienone is 2. The van der Waals surface area contributed by atoms with Crippen LogP contribution in [0.5, 0.6) is 11.5 Å². The van der Waals surface area contributed by atoms with Gasteiger partial charge in [0, 0.05) is 17.7 Å². The number of carbonyl (C=O) groups excluding carboxylic acids is 1. The summed E-state index contributed by atoms with van der Waals surface area (Å²) in [6, 6.07) is 3.52. The summed E-state index contributed by atoms with van der Waals surface area (Å²) < 4.78 is 13.8. The fraction of sp³-hybridized carbons (Fsp3) is 0.450. The Morgan fingerprint density at radius 1 is 1.36 bits per heavy atom. The average Bonchev–Trinajstić information content (AvgIpc) is 3.07. The molecule has 0 fully saturated rings. The highest BCUT2D eigenvalue weighted by Gasteiger charge is 2.41. The summed E-state index contributed by atoms with van der Waals surface area (Å²) in [4.78, 5) is 17.5.